The summed E-state index contributed by atoms with van der Waals surface area (Å²) in [5, 5.41) is 5.10. The third-order valence-corrected chi connectivity index (χ3v) is 5.52. The van der Waals surface area contributed by atoms with E-state index in [1.807, 2.05) is 80.7 Å². The van der Waals surface area contributed by atoms with Crippen LogP contribution in [0.3, 0.4) is 0 Å². The first kappa shape index (κ1) is 18.2. The number of nitrogens with one attached hydrogen (secondary N) is 1. The highest BCUT2D eigenvalue weighted by Crippen LogP contribution is 2.36. The van der Waals surface area contributed by atoms with Gasteiger partial charge in [0.25, 0.3) is 11.8 Å². The molecule has 140 valence electrons. The number of amides is 2. The van der Waals surface area contributed by atoms with Gasteiger partial charge in [-0.15, -0.1) is 11.3 Å². The minimum atomic E-state index is -0.334. The maximum Gasteiger partial charge on any atom is 0.282 e. The molecule has 5 heteroatoms. The van der Waals surface area contributed by atoms with E-state index in [0.717, 1.165) is 27.3 Å². The molecule has 0 atom stereocenters. The van der Waals surface area contributed by atoms with Crippen LogP contribution in [0.25, 0.3) is 5.57 Å². The summed E-state index contributed by atoms with van der Waals surface area (Å²) < 4.78 is 0. The van der Waals surface area contributed by atoms with Crippen molar-refractivity contribution in [3.05, 3.63) is 87.2 Å². The first-order valence-electron chi connectivity index (χ1n) is 9.03. The lowest BCUT2D eigenvalue weighted by Crippen LogP contribution is -2.32. The summed E-state index contributed by atoms with van der Waals surface area (Å²) in [6, 6.07) is 17.3. The molecule has 1 aromatic heterocycles. The van der Waals surface area contributed by atoms with E-state index in [2.05, 4.69) is 5.32 Å². The third kappa shape index (κ3) is 3.25. The number of hydrogen-bond donors (Lipinski definition) is 1. The zero-order valence-corrected chi connectivity index (χ0v) is 16.8. The Morgan fingerprint density at radius 1 is 0.821 bits per heavy atom. The molecule has 4 rings (SSSR count). The average Bonchev–Trinajstić information content (AvgIpc) is 3.23. The molecule has 0 unspecified atom stereocenters. The molecule has 28 heavy (non-hydrogen) atoms. The lowest BCUT2D eigenvalue weighted by Gasteiger charge is -2.17. The average molecular weight is 388 g/mol. The van der Waals surface area contributed by atoms with Crippen LogP contribution in [0.4, 0.5) is 11.4 Å². The SMILES string of the molecule is Cc1ccc(NC2=C(c3cccs3)C(=O)N(c3cc(C)cc(C)c3)C2=O)cc1. The molecule has 1 N–H and O–H groups in total. The number of carbonyl (C=O) groups is 2. The van der Waals surface area contributed by atoms with Gasteiger partial charge in [0, 0.05) is 10.6 Å². The Morgan fingerprint density at radius 3 is 2.11 bits per heavy atom. The van der Waals surface area contributed by atoms with Crippen LogP contribution >= 0.6 is 11.3 Å². The van der Waals surface area contributed by atoms with Crippen molar-refractivity contribution >= 4 is 40.1 Å². The summed E-state index contributed by atoms with van der Waals surface area (Å²) in [6.45, 7) is 5.92. The van der Waals surface area contributed by atoms with Crippen LogP contribution in [0.1, 0.15) is 21.6 Å². The predicted molar refractivity (Wildman–Crippen MR) is 114 cm³/mol. The van der Waals surface area contributed by atoms with Crippen LogP contribution in [0, 0.1) is 20.8 Å². The van der Waals surface area contributed by atoms with E-state index in [-0.39, 0.29) is 11.8 Å². The molecule has 2 aromatic carbocycles. The van der Waals surface area contributed by atoms with Crippen LogP contribution < -0.4 is 10.2 Å². The number of imide groups is 1. The maximum absolute atomic E-state index is 13.3. The van der Waals surface area contributed by atoms with Crippen molar-refractivity contribution in [3.8, 4) is 0 Å². The topological polar surface area (TPSA) is 49.4 Å². The number of nitrogens with zero attached hydrogens (tertiary/aromatic N) is 1. The number of hydrogen-bond acceptors (Lipinski definition) is 4. The van der Waals surface area contributed by atoms with Gasteiger partial charge >= 0.3 is 0 Å². The number of rotatable bonds is 4. The van der Waals surface area contributed by atoms with E-state index in [0.29, 0.717) is 17.0 Å². The number of aryl methyl sites for hydroxylation is 3. The van der Waals surface area contributed by atoms with Gasteiger partial charge in [0.05, 0.1) is 11.3 Å². The van der Waals surface area contributed by atoms with Crippen molar-refractivity contribution in [1.29, 1.82) is 0 Å². The van der Waals surface area contributed by atoms with Crippen molar-refractivity contribution < 1.29 is 9.59 Å². The van der Waals surface area contributed by atoms with E-state index in [9.17, 15) is 9.59 Å². The van der Waals surface area contributed by atoms with Gasteiger partial charge in [-0.05, 0) is 67.6 Å². The Balaban J connectivity index is 1.80. The smallest absolute Gasteiger partial charge is 0.282 e. The molecule has 0 saturated carbocycles. The van der Waals surface area contributed by atoms with Gasteiger partial charge in [-0.25, -0.2) is 4.90 Å². The van der Waals surface area contributed by atoms with Crippen molar-refractivity contribution in [2.75, 3.05) is 10.2 Å². The Hall–Kier alpha value is -3.18. The molecule has 0 bridgehead atoms. The van der Waals surface area contributed by atoms with Gasteiger partial charge in [-0.1, -0.05) is 29.8 Å². The zero-order chi connectivity index (χ0) is 19.8. The standard InChI is InChI=1S/C23H20N2O2S/c1-14-6-8-17(9-7-14)24-21-20(19-5-4-10-28-19)22(26)25(23(21)27)18-12-15(2)11-16(3)13-18/h4-13,24H,1-3H3. The summed E-state index contributed by atoms with van der Waals surface area (Å²) >= 11 is 1.45. The summed E-state index contributed by atoms with van der Waals surface area (Å²) in [6.07, 6.45) is 0. The van der Waals surface area contributed by atoms with Gasteiger partial charge in [-0.3, -0.25) is 9.59 Å². The van der Waals surface area contributed by atoms with Gasteiger partial charge in [0.15, 0.2) is 0 Å². The number of benzene rings is 2. The molecule has 0 saturated heterocycles. The highest BCUT2D eigenvalue weighted by Gasteiger charge is 2.40. The lowest BCUT2D eigenvalue weighted by molar-refractivity contribution is -0.120. The summed E-state index contributed by atoms with van der Waals surface area (Å²) in [7, 11) is 0. The second kappa shape index (κ2) is 7.09. The molecule has 1 aliphatic heterocycles. The van der Waals surface area contributed by atoms with Crippen LogP contribution in [0.2, 0.25) is 0 Å². The Morgan fingerprint density at radius 2 is 1.50 bits per heavy atom. The van der Waals surface area contributed by atoms with Crippen LogP contribution in [-0.4, -0.2) is 11.8 Å². The second-order valence-corrected chi connectivity index (χ2v) is 7.96. The fraction of sp³-hybridized carbons (Fsp3) is 0.130. The summed E-state index contributed by atoms with van der Waals surface area (Å²) in [5.74, 6) is -0.633. The number of thiophene rings is 1. The number of anilines is 2. The minimum Gasteiger partial charge on any atom is -0.350 e. The quantitative estimate of drug-likeness (QED) is 0.635. The van der Waals surface area contributed by atoms with Crippen LogP contribution in [-0.2, 0) is 9.59 Å². The summed E-state index contributed by atoms with van der Waals surface area (Å²) in [5.41, 5.74) is 5.25. The molecule has 1 aliphatic rings. The third-order valence-electron chi connectivity index (χ3n) is 4.64. The molecule has 3 aromatic rings. The largest absolute Gasteiger partial charge is 0.350 e. The van der Waals surface area contributed by atoms with E-state index in [1.54, 1.807) is 0 Å². The van der Waals surface area contributed by atoms with Crippen LogP contribution in [0.5, 0.6) is 0 Å². The maximum atomic E-state index is 13.3. The van der Waals surface area contributed by atoms with E-state index < -0.39 is 0 Å². The monoisotopic (exact) mass is 388 g/mol. The Kier molecular flexibility index (Phi) is 4.61. The molecule has 2 heterocycles. The van der Waals surface area contributed by atoms with Gasteiger partial charge < -0.3 is 5.32 Å². The fourth-order valence-corrected chi connectivity index (χ4v) is 4.16. The summed E-state index contributed by atoms with van der Waals surface area (Å²) in [4.78, 5) is 28.7. The van der Waals surface area contributed by atoms with Crippen LogP contribution in [0.15, 0.2) is 65.7 Å². The fourth-order valence-electron chi connectivity index (χ4n) is 3.39. The van der Waals surface area contributed by atoms with Crippen molar-refractivity contribution in [2.45, 2.75) is 20.8 Å². The highest BCUT2D eigenvalue weighted by atomic mass is 32.1. The Bertz CT molecular complexity index is 1080. The molecular formula is C23H20N2O2S. The van der Waals surface area contributed by atoms with Crippen molar-refractivity contribution in [1.82, 2.24) is 0 Å². The molecule has 0 spiro atoms. The first-order valence-corrected chi connectivity index (χ1v) is 9.91. The first-order chi connectivity index (χ1) is 13.4. The van der Waals surface area contributed by atoms with Crippen molar-refractivity contribution in [3.63, 3.8) is 0 Å². The minimum absolute atomic E-state index is 0.299. The van der Waals surface area contributed by atoms with Gasteiger partial charge in [-0.2, -0.15) is 0 Å². The van der Waals surface area contributed by atoms with Gasteiger partial charge in [0.2, 0.25) is 0 Å². The zero-order valence-electron chi connectivity index (χ0n) is 15.9. The normalized spacial score (nSPS) is 14.2. The number of carbonyl (C=O) groups excluding carboxylic acids is 2. The molecule has 2 amide bonds. The molecular weight excluding hydrogens is 368 g/mol. The Labute approximate surface area is 168 Å². The molecule has 0 aliphatic carbocycles. The van der Waals surface area contributed by atoms with Crippen molar-refractivity contribution in [2.24, 2.45) is 0 Å². The van der Waals surface area contributed by atoms with E-state index in [1.165, 1.54) is 16.2 Å². The molecule has 0 radical (unpaired) electrons. The molecule has 0 fully saturated rings. The predicted octanol–water partition coefficient (Wildman–Crippen LogP) is 5.07. The highest BCUT2D eigenvalue weighted by molar-refractivity contribution is 7.11. The second-order valence-electron chi connectivity index (χ2n) is 7.01. The van der Waals surface area contributed by atoms with E-state index in [4.69, 9.17) is 0 Å². The van der Waals surface area contributed by atoms with Gasteiger partial charge in [0.1, 0.15) is 5.70 Å². The lowest BCUT2D eigenvalue weighted by atomic mass is 10.1. The molecule has 4 nitrogen and oxygen atoms in total. The van der Waals surface area contributed by atoms with E-state index >= 15 is 0 Å².